The molecule has 3 aliphatic rings. The first-order valence-electron chi connectivity index (χ1n) is 12.8. The van der Waals surface area contributed by atoms with Crippen molar-refractivity contribution in [2.24, 2.45) is 17.8 Å². The molecule has 2 aliphatic heterocycles. The summed E-state index contributed by atoms with van der Waals surface area (Å²) < 4.78 is 33.6. The Morgan fingerprint density at radius 3 is 2.71 bits per heavy atom. The molecular weight excluding hydrogens is 502 g/mol. The summed E-state index contributed by atoms with van der Waals surface area (Å²) in [5.41, 5.74) is -0.236. The lowest BCUT2D eigenvalue weighted by Gasteiger charge is -2.29. The Kier molecular flexibility index (Phi) is 7.08. The SMILES string of the molecule is COc1cc(F)c(F)c2[nH]c(C(=O)N3CC4CCCC4C3C(=O)NC(CC3CCNC3=O)C(=O)CO)cc12. The molecule has 5 unspecified atom stereocenters. The lowest BCUT2D eigenvalue weighted by Crippen LogP contribution is -2.53. The molecule has 3 fully saturated rings. The Hall–Kier alpha value is -3.54. The van der Waals surface area contributed by atoms with Gasteiger partial charge in [-0.2, -0.15) is 0 Å². The van der Waals surface area contributed by atoms with Crippen LogP contribution in [-0.2, 0) is 14.4 Å². The van der Waals surface area contributed by atoms with Crippen molar-refractivity contribution in [1.29, 1.82) is 0 Å². The molecular formula is C26H30F2N4O6. The van der Waals surface area contributed by atoms with E-state index >= 15 is 0 Å². The Labute approximate surface area is 217 Å². The highest BCUT2D eigenvalue weighted by molar-refractivity contribution is 6.02. The van der Waals surface area contributed by atoms with Crippen LogP contribution in [0.15, 0.2) is 12.1 Å². The van der Waals surface area contributed by atoms with Gasteiger partial charge in [0.25, 0.3) is 5.91 Å². The number of halogens is 2. The summed E-state index contributed by atoms with van der Waals surface area (Å²) in [5, 5.41) is 15.1. The molecule has 1 aliphatic carbocycles. The van der Waals surface area contributed by atoms with Crippen molar-refractivity contribution < 1.29 is 37.8 Å². The van der Waals surface area contributed by atoms with Crippen molar-refractivity contribution in [1.82, 2.24) is 20.5 Å². The molecule has 1 aromatic carbocycles. The van der Waals surface area contributed by atoms with E-state index in [1.54, 1.807) is 0 Å². The number of hydrogen-bond acceptors (Lipinski definition) is 6. The number of aliphatic hydroxyl groups excluding tert-OH is 1. The number of benzene rings is 1. The van der Waals surface area contributed by atoms with Gasteiger partial charge in [-0.05, 0) is 43.6 Å². The number of fused-ring (bicyclic) bond motifs is 2. The number of methoxy groups -OCH3 is 1. The molecule has 10 nitrogen and oxygen atoms in total. The maximum atomic E-state index is 14.5. The van der Waals surface area contributed by atoms with Gasteiger partial charge in [-0.25, -0.2) is 8.78 Å². The van der Waals surface area contributed by atoms with Gasteiger partial charge in [0.2, 0.25) is 11.8 Å². The number of ketones is 1. The predicted molar refractivity (Wildman–Crippen MR) is 130 cm³/mol. The molecule has 4 N–H and O–H groups in total. The molecule has 3 heterocycles. The van der Waals surface area contributed by atoms with Gasteiger partial charge < -0.3 is 30.4 Å². The van der Waals surface area contributed by atoms with Crippen LogP contribution in [0.1, 0.15) is 42.6 Å². The van der Waals surface area contributed by atoms with E-state index in [0.717, 1.165) is 25.3 Å². The van der Waals surface area contributed by atoms with Crippen LogP contribution in [0.5, 0.6) is 5.75 Å². The van der Waals surface area contributed by atoms with Crippen molar-refractivity contribution in [3.63, 3.8) is 0 Å². The van der Waals surface area contributed by atoms with E-state index in [0.29, 0.717) is 19.5 Å². The third kappa shape index (κ3) is 4.50. The van der Waals surface area contributed by atoms with Crippen molar-refractivity contribution >= 4 is 34.4 Å². The Morgan fingerprint density at radius 1 is 1.24 bits per heavy atom. The fourth-order valence-corrected chi connectivity index (χ4v) is 6.28. The number of aromatic nitrogens is 1. The number of rotatable bonds is 8. The molecule has 2 saturated heterocycles. The monoisotopic (exact) mass is 532 g/mol. The van der Waals surface area contributed by atoms with E-state index in [4.69, 9.17) is 4.74 Å². The van der Waals surface area contributed by atoms with E-state index in [1.807, 2.05) is 0 Å². The molecule has 12 heteroatoms. The number of aromatic amines is 1. The second-order valence-electron chi connectivity index (χ2n) is 10.3. The minimum Gasteiger partial charge on any atom is -0.496 e. The first-order valence-corrected chi connectivity index (χ1v) is 12.8. The van der Waals surface area contributed by atoms with Crippen LogP contribution in [-0.4, -0.2) is 77.4 Å². The Balaban J connectivity index is 1.42. The second kappa shape index (κ2) is 10.3. The number of nitrogens with one attached hydrogen (secondary N) is 3. The van der Waals surface area contributed by atoms with E-state index < -0.39 is 53.8 Å². The summed E-state index contributed by atoms with van der Waals surface area (Å²) in [6.45, 7) is -0.0157. The van der Waals surface area contributed by atoms with Crippen molar-refractivity contribution in [3.05, 3.63) is 29.5 Å². The number of nitrogens with zero attached hydrogens (tertiary/aromatic N) is 1. The number of likely N-dealkylation sites (tertiary alicyclic amines) is 1. The van der Waals surface area contributed by atoms with Crippen molar-refractivity contribution in [3.8, 4) is 5.75 Å². The van der Waals surface area contributed by atoms with Crippen LogP contribution in [0.3, 0.4) is 0 Å². The fraction of sp³-hybridized carbons (Fsp3) is 0.538. The summed E-state index contributed by atoms with van der Waals surface area (Å²) in [6.07, 6.45) is 3.02. The third-order valence-electron chi connectivity index (χ3n) is 8.18. The number of hydrogen-bond donors (Lipinski definition) is 4. The standard InChI is InChI=1S/C26H30F2N4O6/c1-38-20-9-16(27)21(28)22-15(20)8-18(30-22)26(37)32-10-13-3-2-4-14(13)23(32)25(36)31-17(19(34)11-33)7-12-5-6-29-24(12)35/h8-9,12-14,17,23,30,33H,2-7,10-11H2,1H3,(H,29,35)(H,31,36). The molecule has 1 aromatic heterocycles. The number of H-pyrrole nitrogens is 1. The van der Waals surface area contributed by atoms with Gasteiger partial charge in [-0.1, -0.05) is 6.42 Å². The largest absolute Gasteiger partial charge is 0.496 e. The highest BCUT2D eigenvalue weighted by atomic mass is 19.2. The molecule has 204 valence electrons. The smallest absolute Gasteiger partial charge is 0.271 e. The molecule has 38 heavy (non-hydrogen) atoms. The first-order chi connectivity index (χ1) is 18.2. The van der Waals surface area contributed by atoms with Gasteiger partial charge in [-0.3, -0.25) is 19.2 Å². The maximum absolute atomic E-state index is 14.5. The number of carbonyl (C=O) groups excluding carboxylic acids is 4. The summed E-state index contributed by atoms with van der Waals surface area (Å²) in [4.78, 5) is 55.9. The van der Waals surface area contributed by atoms with Crippen LogP contribution in [0, 0.1) is 29.4 Å². The average Bonchev–Trinajstić information content (AvgIpc) is 3.69. The molecule has 0 bridgehead atoms. The number of amides is 3. The first kappa shape index (κ1) is 26.1. The minimum absolute atomic E-state index is 0.0221. The Bertz CT molecular complexity index is 1300. The molecule has 5 rings (SSSR count). The summed E-state index contributed by atoms with van der Waals surface area (Å²) in [6, 6.07) is 0.308. The highest BCUT2D eigenvalue weighted by Gasteiger charge is 2.50. The molecule has 5 atom stereocenters. The lowest BCUT2D eigenvalue weighted by molar-refractivity contribution is -0.133. The van der Waals surface area contributed by atoms with Crippen LogP contribution in [0.2, 0.25) is 0 Å². The Morgan fingerprint density at radius 2 is 2.03 bits per heavy atom. The predicted octanol–water partition coefficient (Wildman–Crippen LogP) is 1.27. The van der Waals surface area contributed by atoms with E-state index in [2.05, 4.69) is 15.6 Å². The normalized spacial score (nSPS) is 25.4. The number of carbonyl (C=O) groups is 4. The highest BCUT2D eigenvalue weighted by Crippen LogP contribution is 2.43. The fourth-order valence-electron chi connectivity index (χ4n) is 6.28. The van der Waals surface area contributed by atoms with Crippen molar-refractivity contribution in [2.75, 3.05) is 26.8 Å². The minimum atomic E-state index is -1.14. The van der Waals surface area contributed by atoms with E-state index in [1.165, 1.54) is 18.1 Å². The van der Waals surface area contributed by atoms with E-state index in [-0.39, 0.29) is 46.5 Å². The molecule has 2 aromatic rings. The molecule has 3 amide bonds. The second-order valence-corrected chi connectivity index (χ2v) is 10.3. The maximum Gasteiger partial charge on any atom is 0.271 e. The van der Waals surface area contributed by atoms with Crippen LogP contribution >= 0.6 is 0 Å². The van der Waals surface area contributed by atoms with Crippen LogP contribution in [0.4, 0.5) is 8.78 Å². The number of Topliss-reactive ketones (excluding diaryl/α,β-unsaturated/α-hetero) is 1. The topological polar surface area (TPSA) is 141 Å². The summed E-state index contributed by atoms with van der Waals surface area (Å²) >= 11 is 0. The number of ether oxygens (including phenoxy) is 1. The van der Waals surface area contributed by atoms with Gasteiger partial charge in [0.05, 0.1) is 18.7 Å². The zero-order chi connectivity index (χ0) is 27.1. The average molecular weight is 533 g/mol. The zero-order valence-corrected chi connectivity index (χ0v) is 20.9. The lowest BCUT2D eigenvalue weighted by atomic mass is 9.92. The van der Waals surface area contributed by atoms with E-state index in [9.17, 15) is 33.1 Å². The zero-order valence-electron chi connectivity index (χ0n) is 20.9. The summed E-state index contributed by atoms with van der Waals surface area (Å²) in [7, 11) is 1.31. The van der Waals surface area contributed by atoms with Crippen LogP contribution < -0.4 is 15.4 Å². The van der Waals surface area contributed by atoms with Gasteiger partial charge >= 0.3 is 0 Å². The molecule has 0 radical (unpaired) electrons. The van der Waals surface area contributed by atoms with Gasteiger partial charge in [-0.15, -0.1) is 0 Å². The van der Waals surface area contributed by atoms with Gasteiger partial charge in [0.1, 0.15) is 24.1 Å². The van der Waals surface area contributed by atoms with Gasteiger partial charge in [0.15, 0.2) is 17.4 Å². The van der Waals surface area contributed by atoms with Crippen molar-refractivity contribution in [2.45, 2.75) is 44.2 Å². The number of aliphatic hydroxyl groups is 1. The van der Waals surface area contributed by atoms with Gasteiger partial charge in [0, 0.05) is 30.5 Å². The third-order valence-corrected chi connectivity index (χ3v) is 8.18. The molecule has 0 spiro atoms. The van der Waals surface area contributed by atoms with Crippen LogP contribution in [0.25, 0.3) is 10.9 Å². The summed E-state index contributed by atoms with van der Waals surface area (Å²) in [5.74, 6) is -4.65. The quantitative estimate of drug-likeness (QED) is 0.404. The molecule has 1 saturated carbocycles.